The first-order valence-corrected chi connectivity index (χ1v) is 7.00. The summed E-state index contributed by atoms with van der Waals surface area (Å²) in [5, 5.41) is 2.99. The monoisotopic (exact) mass is 291 g/mol. The molecule has 1 amide bonds. The van der Waals surface area contributed by atoms with E-state index in [2.05, 4.69) is 35.1 Å². The molecule has 2 unspecified atom stereocenters. The van der Waals surface area contributed by atoms with Crippen molar-refractivity contribution in [3.63, 3.8) is 0 Å². The molecule has 0 aromatic rings. The summed E-state index contributed by atoms with van der Waals surface area (Å²) in [6.07, 6.45) is 3.05. The van der Waals surface area contributed by atoms with Crippen LogP contribution >= 0.6 is 15.9 Å². The van der Waals surface area contributed by atoms with Crippen LogP contribution in [0.4, 0.5) is 0 Å². The Morgan fingerprint density at radius 3 is 2.88 bits per heavy atom. The fourth-order valence-electron chi connectivity index (χ4n) is 1.90. The molecule has 16 heavy (non-hydrogen) atoms. The van der Waals surface area contributed by atoms with E-state index in [1.165, 1.54) is 0 Å². The zero-order valence-electron chi connectivity index (χ0n) is 10.2. The first-order valence-electron chi connectivity index (χ1n) is 6.09. The van der Waals surface area contributed by atoms with Crippen LogP contribution in [0.25, 0.3) is 0 Å². The molecule has 3 nitrogen and oxygen atoms in total. The zero-order valence-corrected chi connectivity index (χ0v) is 11.8. The Balaban J connectivity index is 2.18. The van der Waals surface area contributed by atoms with Crippen molar-refractivity contribution >= 4 is 21.8 Å². The van der Waals surface area contributed by atoms with E-state index in [0.717, 1.165) is 25.9 Å². The van der Waals surface area contributed by atoms with E-state index in [0.29, 0.717) is 23.9 Å². The average molecular weight is 292 g/mol. The number of alkyl halides is 1. The van der Waals surface area contributed by atoms with Crippen molar-refractivity contribution < 1.29 is 9.53 Å². The first-order chi connectivity index (χ1) is 7.59. The van der Waals surface area contributed by atoms with Crippen LogP contribution in [-0.2, 0) is 9.53 Å². The lowest BCUT2D eigenvalue weighted by Gasteiger charge is -2.22. The fourth-order valence-corrected chi connectivity index (χ4v) is 2.81. The molecule has 0 spiro atoms. The Morgan fingerprint density at radius 1 is 1.56 bits per heavy atom. The second-order valence-electron chi connectivity index (χ2n) is 4.89. The molecule has 0 aromatic carbocycles. The highest BCUT2D eigenvalue weighted by Gasteiger charge is 2.21. The SMILES string of the molecule is CC(C)CC(Br)CNC(=O)C1CCCOC1. The van der Waals surface area contributed by atoms with Crippen LogP contribution in [0.1, 0.15) is 33.1 Å². The van der Waals surface area contributed by atoms with Crippen LogP contribution < -0.4 is 5.32 Å². The lowest BCUT2D eigenvalue weighted by molar-refractivity contribution is -0.128. The highest BCUT2D eigenvalue weighted by molar-refractivity contribution is 9.09. The van der Waals surface area contributed by atoms with Crippen molar-refractivity contribution in [1.82, 2.24) is 5.32 Å². The topological polar surface area (TPSA) is 38.3 Å². The van der Waals surface area contributed by atoms with Crippen LogP contribution in [0.2, 0.25) is 0 Å². The second kappa shape index (κ2) is 7.28. The zero-order chi connectivity index (χ0) is 12.0. The lowest BCUT2D eigenvalue weighted by atomic mass is 10.0. The third-order valence-corrected chi connectivity index (χ3v) is 3.45. The first kappa shape index (κ1) is 14.0. The van der Waals surface area contributed by atoms with Gasteiger partial charge in [0.2, 0.25) is 5.91 Å². The van der Waals surface area contributed by atoms with Gasteiger partial charge >= 0.3 is 0 Å². The van der Waals surface area contributed by atoms with E-state index in [-0.39, 0.29) is 11.8 Å². The van der Waals surface area contributed by atoms with E-state index in [1.807, 2.05) is 0 Å². The molecule has 0 aliphatic carbocycles. The summed E-state index contributed by atoms with van der Waals surface area (Å²) in [6.45, 7) is 6.48. The van der Waals surface area contributed by atoms with Crippen LogP contribution in [0, 0.1) is 11.8 Å². The third kappa shape index (κ3) is 5.30. The highest BCUT2D eigenvalue weighted by atomic mass is 79.9. The molecule has 0 saturated carbocycles. The number of halogens is 1. The molecular weight excluding hydrogens is 270 g/mol. The number of hydrogen-bond acceptors (Lipinski definition) is 2. The normalized spacial score (nSPS) is 23.1. The quantitative estimate of drug-likeness (QED) is 0.790. The van der Waals surface area contributed by atoms with Crippen molar-refractivity contribution in [2.24, 2.45) is 11.8 Å². The summed E-state index contributed by atoms with van der Waals surface area (Å²) in [5.74, 6) is 0.861. The highest BCUT2D eigenvalue weighted by Crippen LogP contribution is 2.15. The molecule has 0 radical (unpaired) electrons. The van der Waals surface area contributed by atoms with Crippen molar-refractivity contribution in [2.75, 3.05) is 19.8 Å². The molecule has 1 aliphatic heterocycles. The summed E-state index contributed by atoms with van der Waals surface area (Å²) < 4.78 is 5.30. The van der Waals surface area contributed by atoms with Gasteiger partial charge in [-0.1, -0.05) is 29.8 Å². The van der Waals surface area contributed by atoms with Crippen LogP contribution in [-0.4, -0.2) is 30.5 Å². The second-order valence-corrected chi connectivity index (χ2v) is 6.18. The molecule has 0 aromatic heterocycles. The van der Waals surface area contributed by atoms with Crippen molar-refractivity contribution in [3.05, 3.63) is 0 Å². The summed E-state index contributed by atoms with van der Waals surface area (Å²) in [4.78, 5) is 12.2. The maximum atomic E-state index is 11.8. The van der Waals surface area contributed by atoms with Gasteiger partial charge in [0, 0.05) is 18.0 Å². The standard InChI is InChI=1S/C12H22BrNO2/c1-9(2)6-11(13)7-14-12(15)10-4-3-5-16-8-10/h9-11H,3-8H2,1-2H3,(H,14,15). The summed E-state index contributed by atoms with van der Waals surface area (Å²) in [5.41, 5.74) is 0. The van der Waals surface area contributed by atoms with Crippen molar-refractivity contribution in [1.29, 1.82) is 0 Å². The molecule has 1 fully saturated rings. The molecule has 1 rings (SSSR count). The molecule has 1 N–H and O–H groups in total. The van der Waals surface area contributed by atoms with Crippen LogP contribution in [0.5, 0.6) is 0 Å². The van der Waals surface area contributed by atoms with E-state index in [4.69, 9.17) is 4.74 Å². The van der Waals surface area contributed by atoms with Gasteiger partial charge in [-0.25, -0.2) is 0 Å². The Kier molecular flexibility index (Phi) is 6.36. The smallest absolute Gasteiger partial charge is 0.225 e. The molecule has 1 saturated heterocycles. The van der Waals surface area contributed by atoms with E-state index < -0.39 is 0 Å². The number of hydrogen-bond donors (Lipinski definition) is 1. The van der Waals surface area contributed by atoms with Gasteiger partial charge in [0.25, 0.3) is 0 Å². The van der Waals surface area contributed by atoms with Gasteiger partial charge in [0.05, 0.1) is 12.5 Å². The van der Waals surface area contributed by atoms with Gasteiger partial charge in [-0.3, -0.25) is 4.79 Å². The largest absolute Gasteiger partial charge is 0.381 e. The minimum Gasteiger partial charge on any atom is -0.381 e. The summed E-state index contributed by atoms with van der Waals surface area (Å²) in [7, 11) is 0. The van der Waals surface area contributed by atoms with E-state index in [9.17, 15) is 4.79 Å². The Labute approximate surface area is 106 Å². The fraction of sp³-hybridized carbons (Fsp3) is 0.917. The molecular formula is C12H22BrNO2. The minimum atomic E-state index is 0.0625. The number of carbonyl (C=O) groups is 1. The van der Waals surface area contributed by atoms with Crippen molar-refractivity contribution in [3.8, 4) is 0 Å². The van der Waals surface area contributed by atoms with E-state index in [1.54, 1.807) is 0 Å². The van der Waals surface area contributed by atoms with Gasteiger partial charge in [0.1, 0.15) is 0 Å². The van der Waals surface area contributed by atoms with Gasteiger partial charge in [0.15, 0.2) is 0 Å². The number of rotatable bonds is 5. The van der Waals surface area contributed by atoms with Gasteiger partial charge in [-0.05, 0) is 25.2 Å². The summed E-state index contributed by atoms with van der Waals surface area (Å²) >= 11 is 3.59. The number of carbonyl (C=O) groups excluding carboxylic acids is 1. The number of nitrogens with one attached hydrogen (secondary N) is 1. The summed E-state index contributed by atoms with van der Waals surface area (Å²) in [6, 6.07) is 0. The molecule has 0 bridgehead atoms. The van der Waals surface area contributed by atoms with E-state index >= 15 is 0 Å². The minimum absolute atomic E-state index is 0.0625. The number of ether oxygens (including phenoxy) is 1. The number of amides is 1. The third-order valence-electron chi connectivity index (χ3n) is 2.76. The predicted octanol–water partition coefficient (Wildman–Crippen LogP) is 2.34. The van der Waals surface area contributed by atoms with Gasteiger partial charge in [-0.2, -0.15) is 0 Å². The lowest BCUT2D eigenvalue weighted by Crippen LogP contribution is -2.38. The Morgan fingerprint density at radius 2 is 2.31 bits per heavy atom. The Hall–Kier alpha value is -0.0900. The molecule has 1 heterocycles. The molecule has 4 heteroatoms. The van der Waals surface area contributed by atoms with Gasteiger partial charge < -0.3 is 10.1 Å². The predicted molar refractivity (Wildman–Crippen MR) is 68.7 cm³/mol. The van der Waals surface area contributed by atoms with Gasteiger partial charge in [-0.15, -0.1) is 0 Å². The maximum absolute atomic E-state index is 11.8. The van der Waals surface area contributed by atoms with Crippen LogP contribution in [0.3, 0.4) is 0 Å². The van der Waals surface area contributed by atoms with Crippen molar-refractivity contribution in [2.45, 2.75) is 37.9 Å². The van der Waals surface area contributed by atoms with Crippen LogP contribution in [0.15, 0.2) is 0 Å². The molecule has 1 aliphatic rings. The Bertz CT molecular complexity index is 215. The molecule has 94 valence electrons. The molecule has 2 atom stereocenters. The maximum Gasteiger partial charge on any atom is 0.225 e. The average Bonchev–Trinajstić information content (AvgIpc) is 2.26.